The molecule has 0 radical (unpaired) electrons. The van der Waals surface area contributed by atoms with E-state index in [9.17, 15) is 9.59 Å². The number of hydrogen-bond donors (Lipinski definition) is 1. The Balaban J connectivity index is 1.63. The first-order valence-electron chi connectivity index (χ1n) is 11.0. The van der Waals surface area contributed by atoms with Crippen molar-refractivity contribution in [1.82, 2.24) is 19.3 Å². The molecule has 1 fully saturated rings. The Hall–Kier alpha value is -3.14. The van der Waals surface area contributed by atoms with Gasteiger partial charge in [-0.3, -0.25) is 4.40 Å². The standard InChI is InChI=1S/C23H29N5O4S/c1-5-31-21(29)15-9-18(33-13-15)17-10-25-19(24)20-26-16(12-28(17)20)14-7-6-8-27(11-14)22(30)32-23(2,3)4/h9-10,12-14H,5-8,11H2,1-4H3,(H2,24,25). The van der Waals surface area contributed by atoms with Crippen LogP contribution in [0.5, 0.6) is 0 Å². The Morgan fingerprint density at radius 1 is 1.33 bits per heavy atom. The van der Waals surface area contributed by atoms with E-state index < -0.39 is 5.60 Å². The summed E-state index contributed by atoms with van der Waals surface area (Å²) in [4.78, 5) is 36.3. The number of carbonyl (C=O) groups excluding carboxylic acids is 2. The lowest BCUT2D eigenvalue weighted by Crippen LogP contribution is -2.42. The van der Waals surface area contributed by atoms with E-state index in [1.54, 1.807) is 29.5 Å². The summed E-state index contributed by atoms with van der Waals surface area (Å²) in [6.07, 6.45) is 5.12. The van der Waals surface area contributed by atoms with Gasteiger partial charge in [0.15, 0.2) is 11.5 Å². The van der Waals surface area contributed by atoms with Crippen molar-refractivity contribution in [2.45, 2.75) is 52.1 Å². The van der Waals surface area contributed by atoms with Gasteiger partial charge >= 0.3 is 12.1 Å². The van der Waals surface area contributed by atoms with Crippen LogP contribution in [0.1, 0.15) is 62.5 Å². The fourth-order valence-electron chi connectivity index (χ4n) is 3.90. The van der Waals surface area contributed by atoms with Gasteiger partial charge in [0.1, 0.15) is 5.60 Å². The van der Waals surface area contributed by atoms with Crippen LogP contribution in [-0.4, -0.2) is 56.6 Å². The first-order valence-corrected chi connectivity index (χ1v) is 11.9. The maximum atomic E-state index is 12.6. The number of nitrogens with zero attached hydrogens (tertiary/aromatic N) is 4. The number of hydrogen-bond acceptors (Lipinski definition) is 8. The van der Waals surface area contributed by atoms with Crippen molar-refractivity contribution in [3.8, 4) is 10.6 Å². The van der Waals surface area contributed by atoms with Gasteiger partial charge in [-0.25, -0.2) is 19.6 Å². The first kappa shape index (κ1) is 23.0. The van der Waals surface area contributed by atoms with Crippen LogP contribution in [0.3, 0.4) is 0 Å². The van der Waals surface area contributed by atoms with Crippen LogP contribution in [0.25, 0.3) is 16.2 Å². The van der Waals surface area contributed by atoms with E-state index >= 15 is 0 Å². The summed E-state index contributed by atoms with van der Waals surface area (Å²) in [5.41, 5.74) is 8.30. The molecule has 0 spiro atoms. The number of carbonyl (C=O) groups is 2. The molecule has 10 heteroatoms. The maximum Gasteiger partial charge on any atom is 0.410 e. The predicted octanol–water partition coefficient (Wildman–Crippen LogP) is 4.33. The highest BCUT2D eigenvalue weighted by Crippen LogP contribution is 2.32. The molecule has 1 aliphatic heterocycles. The van der Waals surface area contributed by atoms with E-state index in [0.717, 1.165) is 29.1 Å². The normalized spacial score (nSPS) is 16.7. The van der Waals surface area contributed by atoms with Gasteiger partial charge in [0.05, 0.1) is 34.6 Å². The Morgan fingerprint density at radius 3 is 2.85 bits per heavy atom. The van der Waals surface area contributed by atoms with E-state index in [4.69, 9.17) is 20.2 Å². The molecule has 1 unspecified atom stereocenters. The van der Waals surface area contributed by atoms with E-state index in [1.807, 2.05) is 31.4 Å². The lowest BCUT2D eigenvalue weighted by molar-refractivity contribution is 0.0197. The lowest BCUT2D eigenvalue weighted by Gasteiger charge is -2.33. The zero-order chi connectivity index (χ0) is 23.8. The number of imidazole rings is 1. The number of ether oxygens (including phenoxy) is 2. The topological polar surface area (TPSA) is 112 Å². The largest absolute Gasteiger partial charge is 0.462 e. The average Bonchev–Trinajstić information content (AvgIpc) is 3.42. The zero-order valence-electron chi connectivity index (χ0n) is 19.3. The monoisotopic (exact) mass is 471 g/mol. The number of nitrogens with two attached hydrogens (primary N) is 1. The van der Waals surface area contributed by atoms with Crippen molar-refractivity contribution in [3.63, 3.8) is 0 Å². The molecular formula is C23H29N5O4S. The van der Waals surface area contributed by atoms with Gasteiger partial charge in [-0.05, 0) is 46.6 Å². The van der Waals surface area contributed by atoms with Crippen LogP contribution in [0, 0.1) is 0 Å². The Bertz CT molecular complexity index is 1180. The molecule has 4 rings (SSSR count). The van der Waals surface area contributed by atoms with Crippen LogP contribution < -0.4 is 5.73 Å². The molecule has 1 amide bonds. The Kier molecular flexibility index (Phi) is 6.29. The van der Waals surface area contributed by atoms with Crippen LogP contribution in [-0.2, 0) is 9.47 Å². The van der Waals surface area contributed by atoms with Gasteiger partial charge in [0, 0.05) is 30.6 Å². The van der Waals surface area contributed by atoms with Crippen LogP contribution in [0.2, 0.25) is 0 Å². The molecule has 4 heterocycles. The van der Waals surface area contributed by atoms with Crippen LogP contribution >= 0.6 is 11.3 Å². The molecule has 33 heavy (non-hydrogen) atoms. The van der Waals surface area contributed by atoms with E-state index in [-0.39, 0.29) is 18.0 Å². The molecule has 0 aromatic carbocycles. The minimum atomic E-state index is -0.536. The maximum absolute atomic E-state index is 12.6. The molecule has 1 saturated heterocycles. The lowest BCUT2D eigenvalue weighted by atomic mass is 9.95. The van der Waals surface area contributed by atoms with Crippen molar-refractivity contribution >= 4 is 34.9 Å². The summed E-state index contributed by atoms with van der Waals surface area (Å²) in [5.74, 6) is 0.0410. The third-order valence-corrected chi connectivity index (χ3v) is 6.35. The van der Waals surface area contributed by atoms with Crippen LogP contribution in [0.4, 0.5) is 10.6 Å². The summed E-state index contributed by atoms with van der Waals surface area (Å²) in [6, 6.07) is 1.79. The Labute approximate surface area is 196 Å². The van der Waals surface area contributed by atoms with Crippen LogP contribution in [0.15, 0.2) is 23.8 Å². The molecule has 2 N–H and O–H groups in total. The number of fused-ring (bicyclic) bond motifs is 1. The second kappa shape index (κ2) is 9.01. The third kappa shape index (κ3) is 4.95. The highest BCUT2D eigenvalue weighted by Gasteiger charge is 2.30. The number of piperidine rings is 1. The summed E-state index contributed by atoms with van der Waals surface area (Å²) in [5, 5.41) is 1.77. The molecule has 1 atom stereocenters. The van der Waals surface area contributed by atoms with Gasteiger partial charge in [-0.2, -0.15) is 0 Å². The van der Waals surface area contributed by atoms with Crippen molar-refractivity contribution in [1.29, 1.82) is 0 Å². The fraction of sp³-hybridized carbons (Fsp3) is 0.478. The third-order valence-electron chi connectivity index (χ3n) is 5.39. The summed E-state index contributed by atoms with van der Waals surface area (Å²) >= 11 is 1.43. The number of likely N-dealkylation sites (tertiary alicyclic amines) is 1. The van der Waals surface area contributed by atoms with Gasteiger partial charge < -0.3 is 20.1 Å². The first-order chi connectivity index (χ1) is 15.7. The molecule has 176 valence electrons. The molecule has 3 aromatic rings. The highest BCUT2D eigenvalue weighted by molar-refractivity contribution is 7.13. The molecule has 1 aliphatic rings. The molecule has 3 aromatic heterocycles. The van der Waals surface area contributed by atoms with Crippen molar-refractivity contribution in [2.75, 3.05) is 25.4 Å². The van der Waals surface area contributed by atoms with Crippen molar-refractivity contribution in [2.24, 2.45) is 0 Å². The minimum absolute atomic E-state index is 0.0665. The summed E-state index contributed by atoms with van der Waals surface area (Å²) in [7, 11) is 0. The summed E-state index contributed by atoms with van der Waals surface area (Å²) < 4.78 is 12.6. The number of nitrogen functional groups attached to an aromatic ring is 1. The van der Waals surface area contributed by atoms with E-state index in [1.165, 1.54) is 11.3 Å². The number of rotatable bonds is 4. The number of esters is 1. The van der Waals surface area contributed by atoms with E-state index in [0.29, 0.717) is 36.7 Å². The number of thiophene rings is 1. The van der Waals surface area contributed by atoms with Gasteiger partial charge in [0.25, 0.3) is 0 Å². The second-order valence-electron chi connectivity index (χ2n) is 9.07. The predicted molar refractivity (Wildman–Crippen MR) is 126 cm³/mol. The average molecular weight is 472 g/mol. The molecule has 0 bridgehead atoms. The van der Waals surface area contributed by atoms with Crippen molar-refractivity contribution < 1.29 is 19.1 Å². The number of anilines is 1. The molecule has 0 aliphatic carbocycles. The smallest absolute Gasteiger partial charge is 0.410 e. The second-order valence-corrected chi connectivity index (χ2v) is 9.98. The highest BCUT2D eigenvalue weighted by atomic mass is 32.1. The molecular weight excluding hydrogens is 442 g/mol. The van der Waals surface area contributed by atoms with Gasteiger partial charge in [0.2, 0.25) is 0 Å². The fourth-order valence-corrected chi connectivity index (χ4v) is 4.78. The number of amides is 1. The molecule has 0 saturated carbocycles. The summed E-state index contributed by atoms with van der Waals surface area (Å²) in [6.45, 7) is 8.90. The quantitative estimate of drug-likeness (QED) is 0.564. The number of aromatic nitrogens is 3. The van der Waals surface area contributed by atoms with Gasteiger partial charge in [-0.15, -0.1) is 11.3 Å². The molecule has 9 nitrogen and oxygen atoms in total. The zero-order valence-corrected chi connectivity index (χ0v) is 20.1. The van der Waals surface area contributed by atoms with E-state index in [2.05, 4.69) is 4.98 Å². The SMILES string of the molecule is CCOC(=O)c1csc(-c2cnc(N)c3nc(C4CCCN(C(=O)OC(C)(C)C)C4)cn23)c1. The van der Waals surface area contributed by atoms with Gasteiger partial charge in [-0.1, -0.05) is 0 Å². The van der Waals surface area contributed by atoms with Crippen molar-refractivity contribution in [3.05, 3.63) is 35.1 Å². The minimum Gasteiger partial charge on any atom is -0.462 e. The Morgan fingerprint density at radius 2 is 2.12 bits per heavy atom.